The average Bonchev–Trinajstić information content (AvgIpc) is 3.12. The predicted octanol–water partition coefficient (Wildman–Crippen LogP) is 2.78. The summed E-state index contributed by atoms with van der Waals surface area (Å²) >= 11 is 0. The van der Waals surface area contributed by atoms with Gasteiger partial charge in [-0.3, -0.25) is 23.2 Å². The summed E-state index contributed by atoms with van der Waals surface area (Å²) in [7, 11) is -4.70. The van der Waals surface area contributed by atoms with Crippen LogP contribution in [0.15, 0.2) is 52.3 Å². The molecular formula is C21H20F2N5O9P. The molecule has 17 heteroatoms. The Bertz CT molecular complexity index is 1330. The molecule has 0 aliphatic carbocycles. The highest BCUT2D eigenvalue weighted by Gasteiger charge is 2.62. The van der Waals surface area contributed by atoms with Gasteiger partial charge in [0.15, 0.2) is 6.10 Å². The zero-order valence-corrected chi connectivity index (χ0v) is 20.5. The first-order valence-electron chi connectivity index (χ1n) is 10.8. The van der Waals surface area contributed by atoms with Gasteiger partial charge in [-0.05, 0) is 18.2 Å². The van der Waals surface area contributed by atoms with Crippen LogP contribution in [0.2, 0.25) is 0 Å². The molecule has 38 heavy (non-hydrogen) atoms. The molecule has 0 spiro atoms. The molecule has 1 aliphatic heterocycles. The fourth-order valence-corrected chi connectivity index (χ4v) is 4.15. The average molecular weight is 555 g/mol. The van der Waals surface area contributed by atoms with Gasteiger partial charge in [-0.25, -0.2) is 9.36 Å². The summed E-state index contributed by atoms with van der Waals surface area (Å²) in [5, 5.41) is 10.9. The number of nitroso groups, excluding NO2 is 1. The molecular weight excluding hydrogens is 535 g/mol. The van der Waals surface area contributed by atoms with Crippen LogP contribution in [0.4, 0.5) is 14.6 Å². The molecule has 1 amide bonds. The molecule has 14 nitrogen and oxygen atoms in total. The Kier molecular flexibility index (Phi) is 9.13. The van der Waals surface area contributed by atoms with E-state index < -0.39 is 62.9 Å². The minimum Gasteiger partial charge on any atom is -0.453 e. The van der Waals surface area contributed by atoms with Gasteiger partial charge in [-0.1, -0.05) is 18.2 Å². The van der Waals surface area contributed by atoms with Crippen LogP contribution in [-0.4, -0.2) is 52.8 Å². The third-order valence-corrected chi connectivity index (χ3v) is 6.16. The SMILES string of the molecule is CC(=O)OC1C(COP(=O)(N=O)OCCC#N)OC(n2ccc(NC(=O)c3ccccc3)nc2=O)C1(F)F. The Morgan fingerprint density at radius 2 is 2.00 bits per heavy atom. The number of hydrogen-bond donors (Lipinski definition) is 1. The van der Waals surface area contributed by atoms with E-state index in [1.807, 2.05) is 0 Å². The third kappa shape index (κ3) is 6.69. The van der Waals surface area contributed by atoms with Crippen molar-refractivity contribution in [2.75, 3.05) is 18.5 Å². The summed E-state index contributed by atoms with van der Waals surface area (Å²) in [5.74, 6) is -6.00. The predicted molar refractivity (Wildman–Crippen MR) is 123 cm³/mol. The number of carbonyl (C=O) groups is 2. The minimum absolute atomic E-state index is 0.231. The number of benzene rings is 1. The fourth-order valence-electron chi connectivity index (χ4n) is 3.32. The lowest BCUT2D eigenvalue weighted by atomic mass is 10.1. The van der Waals surface area contributed by atoms with Crippen molar-refractivity contribution in [3.63, 3.8) is 0 Å². The van der Waals surface area contributed by atoms with E-state index in [-0.39, 0.29) is 17.8 Å². The molecule has 1 N–H and O–H groups in total. The summed E-state index contributed by atoms with van der Waals surface area (Å²) < 4.78 is 62.6. The van der Waals surface area contributed by atoms with Gasteiger partial charge >= 0.3 is 25.3 Å². The van der Waals surface area contributed by atoms with Crippen LogP contribution in [0.1, 0.15) is 29.9 Å². The number of aromatic nitrogens is 2. The number of hydrogen-bond acceptors (Lipinski definition) is 11. The Morgan fingerprint density at radius 3 is 2.61 bits per heavy atom. The first kappa shape index (κ1) is 28.7. The molecule has 1 aromatic carbocycles. The first-order valence-corrected chi connectivity index (χ1v) is 12.3. The molecule has 0 radical (unpaired) electrons. The molecule has 1 fully saturated rings. The molecule has 1 aromatic heterocycles. The largest absolute Gasteiger partial charge is 0.489 e. The van der Waals surface area contributed by atoms with E-state index in [1.54, 1.807) is 24.3 Å². The summed E-state index contributed by atoms with van der Waals surface area (Å²) in [6.45, 7) is -0.666. The van der Waals surface area contributed by atoms with Gasteiger partial charge in [-0.15, -0.1) is 4.91 Å². The minimum atomic E-state index is -4.70. The maximum Gasteiger partial charge on any atom is 0.489 e. The van der Waals surface area contributed by atoms with Crippen LogP contribution in [-0.2, 0) is 27.9 Å². The number of rotatable bonds is 11. The van der Waals surface area contributed by atoms with Crippen LogP contribution >= 0.6 is 7.75 Å². The Hall–Kier alpha value is -3.90. The summed E-state index contributed by atoms with van der Waals surface area (Å²) in [4.78, 5) is 53.1. The summed E-state index contributed by atoms with van der Waals surface area (Å²) in [6, 6.07) is 10.7. The van der Waals surface area contributed by atoms with Crippen molar-refractivity contribution in [1.29, 1.82) is 5.26 Å². The molecule has 0 bridgehead atoms. The zero-order chi connectivity index (χ0) is 27.9. The van der Waals surface area contributed by atoms with E-state index in [4.69, 9.17) is 14.5 Å². The quantitative estimate of drug-likeness (QED) is 0.186. The number of amides is 1. The van der Waals surface area contributed by atoms with Crippen LogP contribution in [0.25, 0.3) is 0 Å². The number of alkyl halides is 2. The van der Waals surface area contributed by atoms with Crippen LogP contribution in [0, 0.1) is 16.2 Å². The second-order valence-corrected chi connectivity index (χ2v) is 9.26. The standard InChI is InChI=1S/C21H20F2N5O9P/c1-13(29)36-17-15(12-35-38(33,27-32)34-11-5-9-24)37-19(21(17,22)23)28-10-8-16(26-20(28)31)25-18(30)14-6-3-2-4-7-14/h2-4,6-8,10,15,17,19H,5,11-12H2,1H3,(H,25,26,30,31). The molecule has 3 rings (SSSR count). The van der Waals surface area contributed by atoms with Crippen molar-refractivity contribution >= 4 is 25.4 Å². The number of carbonyl (C=O) groups excluding carboxylic acids is 2. The van der Waals surface area contributed by atoms with Crippen molar-refractivity contribution in [2.24, 2.45) is 4.95 Å². The molecule has 4 atom stereocenters. The normalized spacial score (nSPS) is 21.6. The lowest BCUT2D eigenvalue weighted by molar-refractivity contribution is -0.174. The van der Waals surface area contributed by atoms with Gasteiger partial charge in [0.2, 0.25) is 6.23 Å². The number of anilines is 1. The zero-order valence-electron chi connectivity index (χ0n) is 19.6. The third-order valence-electron chi connectivity index (χ3n) is 4.97. The summed E-state index contributed by atoms with van der Waals surface area (Å²) in [5.41, 5.74) is -0.987. The van der Waals surface area contributed by atoms with Crippen LogP contribution in [0.3, 0.4) is 0 Å². The van der Waals surface area contributed by atoms with E-state index in [9.17, 15) is 23.9 Å². The maximum absolute atomic E-state index is 15.3. The number of nitriles is 1. The fraction of sp³-hybridized carbons (Fsp3) is 0.381. The van der Waals surface area contributed by atoms with E-state index in [0.29, 0.717) is 4.57 Å². The Labute approximate surface area is 213 Å². The molecule has 4 unspecified atom stereocenters. The van der Waals surface area contributed by atoms with Gasteiger partial charge in [-0.2, -0.15) is 19.0 Å². The molecule has 1 aliphatic rings. The van der Waals surface area contributed by atoms with Gasteiger partial charge in [0.05, 0.1) is 25.7 Å². The van der Waals surface area contributed by atoms with Crippen molar-refractivity contribution in [3.8, 4) is 6.07 Å². The maximum atomic E-state index is 15.3. The molecule has 0 saturated carbocycles. The van der Waals surface area contributed by atoms with Crippen molar-refractivity contribution in [3.05, 3.63) is 63.5 Å². The number of ether oxygens (including phenoxy) is 2. The second-order valence-electron chi connectivity index (χ2n) is 7.64. The number of halogens is 2. The van der Waals surface area contributed by atoms with Crippen molar-refractivity contribution in [1.82, 2.24) is 9.55 Å². The highest BCUT2D eigenvalue weighted by molar-refractivity contribution is 7.52. The van der Waals surface area contributed by atoms with E-state index in [2.05, 4.69) is 24.5 Å². The van der Waals surface area contributed by atoms with Crippen molar-refractivity contribution < 1.29 is 41.5 Å². The number of nitrogens with zero attached hydrogens (tertiary/aromatic N) is 4. The smallest absolute Gasteiger partial charge is 0.453 e. The van der Waals surface area contributed by atoms with Gasteiger partial charge in [0, 0.05) is 23.6 Å². The van der Waals surface area contributed by atoms with E-state index in [1.165, 1.54) is 12.1 Å². The van der Waals surface area contributed by atoms with Gasteiger partial charge < -0.3 is 14.8 Å². The van der Waals surface area contributed by atoms with Gasteiger partial charge in [0.25, 0.3) is 5.91 Å². The van der Waals surface area contributed by atoms with Crippen molar-refractivity contribution in [2.45, 2.75) is 37.7 Å². The molecule has 2 heterocycles. The lowest BCUT2D eigenvalue weighted by Gasteiger charge is -2.24. The Balaban J connectivity index is 1.81. The molecule has 202 valence electrons. The van der Waals surface area contributed by atoms with Crippen LogP contribution in [0.5, 0.6) is 0 Å². The highest BCUT2D eigenvalue weighted by atomic mass is 31.2. The molecule has 2 aromatic rings. The topological polar surface area (TPSA) is 188 Å². The Morgan fingerprint density at radius 1 is 1.29 bits per heavy atom. The monoisotopic (exact) mass is 555 g/mol. The summed E-state index contributed by atoms with van der Waals surface area (Å²) in [6.07, 6.45) is -5.93. The number of esters is 1. The second kappa shape index (κ2) is 12.1. The van der Waals surface area contributed by atoms with E-state index >= 15 is 8.78 Å². The number of nitrogens with one attached hydrogen (secondary N) is 1. The lowest BCUT2D eigenvalue weighted by Crippen LogP contribution is -2.44. The van der Waals surface area contributed by atoms with Crippen LogP contribution < -0.4 is 11.0 Å². The van der Waals surface area contributed by atoms with Gasteiger partial charge in [0.1, 0.15) is 11.9 Å². The van der Waals surface area contributed by atoms with E-state index in [0.717, 1.165) is 19.2 Å². The molecule has 1 saturated heterocycles. The first-order chi connectivity index (χ1) is 18.0. The highest BCUT2D eigenvalue weighted by Crippen LogP contribution is 2.51.